The molecule has 1 aliphatic heterocycles. The largest absolute Gasteiger partial charge is 0.368 e. The molecule has 0 radical (unpaired) electrons. The maximum atomic E-state index is 12.5. The van der Waals surface area contributed by atoms with Gasteiger partial charge in [0.25, 0.3) is 5.91 Å². The van der Waals surface area contributed by atoms with Gasteiger partial charge in [-0.05, 0) is 24.3 Å². The van der Waals surface area contributed by atoms with Crippen LogP contribution < -0.4 is 5.73 Å². The van der Waals surface area contributed by atoms with Crippen LogP contribution in [-0.4, -0.2) is 38.3 Å². The molecule has 0 bridgehead atoms. The molecule has 1 fully saturated rings. The molecule has 6 heteroatoms. The van der Waals surface area contributed by atoms with Gasteiger partial charge in [-0.2, -0.15) is 0 Å². The minimum atomic E-state index is 0.0574. The highest BCUT2D eigenvalue weighted by Crippen LogP contribution is 2.27. The fourth-order valence-corrected chi connectivity index (χ4v) is 2.80. The number of hydrogen-bond acceptors (Lipinski definition) is 4. The summed E-state index contributed by atoms with van der Waals surface area (Å²) < 4.78 is 1.95. The molecule has 110 valence electrons. The topological polar surface area (TPSA) is 76.5 Å². The SMILES string of the molecule is Nc1nccc(C2CN(C(=O)c3cc4ccccn4c3)C2)n1. The Morgan fingerprint density at radius 3 is 2.91 bits per heavy atom. The van der Waals surface area contributed by atoms with Gasteiger partial charge in [0.05, 0.1) is 11.3 Å². The van der Waals surface area contributed by atoms with Crippen LogP contribution in [0.5, 0.6) is 0 Å². The first-order valence-corrected chi connectivity index (χ1v) is 7.15. The number of pyridine rings is 1. The quantitative estimate of drug-likeness (QED) is 0.777. The molecular formula is C16H15N5O. The van der Waals surface area contributed by atoms with E-state index in [1.54, 1.807) is 6.20 Å². The van der Waals surface area contributed by atoms with Crippen LogP contribution in [0.25, 0.3) is 5.52 Å². The monoisotopic (exact) mass is 293 g/mol. The number of hydrogen-bond donors (Lipinski definition) is 1. The van der Waals surface area contributed by atoms with Crippen LogP contribution in [0.15, 0.2) is 48.9 Å². The number of anilines is 1. The van der Waals surface area contributed by atoms with Crippen molar-refractivity contribution in [2.24, 2.45) is 0 Å². The Morgan fingerprint density at radius 2 is 2.14 bits per heavy atom. The first kappa shape index (κ1) is 12.8. The van der Waals surface area contributed by atoms with Crippen molar-refractivity contribution in [3.63, 3.8) is 0 Å². The molecule has 0 aliphatic carbocycles. The van der Waals surface area contributed by atoms with Gasteiger partial charge in [0.1, 0.15) is 0 Å². The summed E-state index contributed by atoms with van der Waals surface area (Å²) in [5.74, 6) is 0.578. The van der Waals surface area contributed by atoms with Gasteiger partial charge in [-0.15, -0.1) is 0 Å². The first-order valence-electron chi connectivity index (χ1n) is 7.15. The summed E-state index contributed by atoms with van der Waals surface area (Å²) >= 11 is 0. The number of amides is 1. The van der Waals surface area contributed by atoms with Crippen LogP contribution in [0.4, 0.5) is 5.95 Å². The lowest BCUT2D eigenvalue weighted by Crippen LogP contribution is -2.48. The molecule has 0 aromatic carbocycles. The Bertz CT molecular complexity index is 817. The molecule has 3 aromatic heterocycles. The fourth-order valence-electron chi connectivity index (χ4n) is 2.80. The maximum absolute atomic E-state index is 12.5. The van der Waals surface area contributed by atoms with E-state index in [0.29, 0.717) is 18.7 Å². The number of aromatic nitrogens is 3. The molecule has 0 spiro atoms. The van der Waals surface area contributed by atoms with Gasteiger partial charge in [-0.3, -0.25) is 4.79 Å². The van der Waals surface area contributed by atoms with E-state index in [1.165, 1.54) is 0 Å². The van der Waals surface area contributed by atoms with E-state index in [1.807, 2.05) is 52.0 Å². The number of carbonyl (C=O) groups is 1. The van der Waals surface area contributed by atoms with E-state index in [0.717, 1.165) is 11.2 Å². The smallest absolute Gasteiger partial charge is 0.255 e. The summed E-state index contributed by atoms with van der Waals surface area (Å²) in [6, 6.07) is 9.66. The van der Waals surface area contributed by atoms with Crippen LogP contribution >= 0.6 is 0 Å². The Balaban J connectivity index is 1.49. The number of nitrogens with zero attached hydrogens (tertiary/aromatic N) is 4. The Hall–Kier alpha value is -2.89. The second kappa shape index (κ2) is 4.84. The second-order valence-electron chi connectivity index (χ2n) is 5.51. The van der Waals surface area contributed by atoms with E-state index >= 15 is 0 Å². The fraction of sp³-hybridized carbons (Fsp3) is 0.188. The van der Waals surface area contributed by atoms with Crippen molar-refractivity contribution >= 4 is 17.4 Å². The summed E-state index contributed by atoms with van der Waals surface area (Å²) in [7, 11) is 0. The summed E-state index contributed by atoms with van der Waals surface area (Å²) in [5.41, 5.74) is 8.23. The Morgan fingerprint density at radius 1 is 1.27 bits per heavy atom. The third-order valence-electron chi connectivity index (χ3n) is 4.03. The van der Waals surface area contributed by atoms with Crippen LogP contribution in [-0.2, 0) is 0 Å². The lowest BCUT2D eigenvalue weighted by molar-refractivity contribution is 0.0599. The Kier molecular flexibility index (Phi) is 2.82. The highest BCUT2D eigenvalue weighted by Gasteiger charge is 2.33. The normalized spacial score (nSPS) is 15.0. The van der Waals surface area contributed by atoms with Crippen LogP contribution in [0.1, 0.15) is 22.0 Å². The van der Waals surface area contributed by atoms with Crippen LogP contribution in [0, 0.1) is 0 Å². The van der Waals surface area contributed by atoms with E-state index in [-0.39, 0.29) is 17.8 Å². The first-order chi connectivity index (χ1) is 10.7. The summed E-state index contributed by atoms with van der Waals surface area (Å²) in [4.78, 5) is 22.4. The van der Waals surface area contributed by atoms with Gasteiger partial charge in [-0.1, -0.05) is 6.07 Å². The van der Waals surface area contributed by atoms with Crippen molar-refractivity contribution in [3.8, 4) is 0 Å². The third kappa shape index (κ3) is 2.09. The number of likely N-dealkylation sites (tertiary alicyclic amines) is 1. The molecule has 0 saturated carbocycles. The molecule has 1 aliphatic rings. The molecule has 22 heavy (non-hydrogen) atoms. The average molecular weight is 293 g/mol. The van der Waals surface area contributed by atoms with Crippen molar-refractivity contribution in [2.45, 2.75) is 5.92 Å². The van der Waals surface area contributed by atoms with Gasteiger partial charge in [-0.25, -0.2) is 9.97 Å². The highest BCUT2D eigenvalue weighted by atomic mass is 16.2. The molecule has 0 atom stereocenters. The Labute approximate surface area is 127 Å². The van der Waals surface area contributed by atoms with Crippen molar-refractivity contribution in [2.75, 3.05) is 18.8 Å². The molecule has 0 unspecified atom stereocenters. The van der Waals surface area contributed by atoms with Gasteiger partial charge < -0.3 is 15.0 Å². The zero-order chi connectivity index (χ0) is 15.1. The third-order valence-corrected chi connectivity index (χ3v) is 4.03. The number of nitrogens with two attached hydrogens (primary N) is 1. The zero-order valence-corrected chi connectivity index (χ0v) is 11.9. The standard InChI is InChI=1S/C16H15N5O/c17-16-18-5-4-14(19-16)12-9-21(10-12)15(22)11-7-13-3-1-2-6-20(13)8-11/h1-8,12H,9-10H2,(H2,17,18,19). The molecule has 6 nitrogen and oxygen atoms in total. The van der Waals surface area contributed by atoms with Crippen molar-refractivity contribution in [1.82, 2.24) is 19.3 Å². The van der Waals surface area contributed by atoms with Crippen molar-refractivity contribution in [1.29, 1.82) is 0 Å². The van der Waals surface area contributed by atoms with Crippen LogP contribution in [0.3, 0.4) is 0 Å². The molecule has 3 aromatic rings. The van der Waals surface area contributed by atoms with Crippen LogP contribution in [0.2, 0.25) is 0 Å². The maximum Gasteiger partial charge on any atom is 0.255 e. The lowest BCUT2D eigenvalue weighted by Gasteiger charge is -2.38. The molecule has 2 N–H and O–H groups in total. The zero-order valence-electron chi connectivity index (χ0n) is 11.9. The molecule has 4 rings (SSSR count). The minimum Gasteiger partial charge on any atom is -0.368 e. The highest BCUT2D eigenvalue weighted by molar-refractivity contribution is 5.96. The van der Waals surface area contributed by atoms with E-state index in [4.69, 9.17) is 5.73 Å². The van der Waals surface area contributed by atoms with Gasteiger partial charge in [0.2, 0.25) is 5.95 Å². The predicted molar refractivity (Wildman–Crippen MR) is 82.5 cm³/mol. The number of carbonyl (C=O) groups excluding carboxylic acids is 1. The molecular weight excluding hydrogens is 278 g/mol. The van der Waals surface area contributed by atoms with Gasteiger partial charge in [0.15, 0.2) is 0 Å². The van der Waals surface area contributed by atoms with Crippen molar-refractivity contribution in [3.05, 3.63) is 60.2 Å². The van der Waals surface area contributed by atoms with Gasteiger partial charge >= 0.3 is 0 Å². The summed E-state index contributed by atoms with van der Waals surface area (Å²) in [5, 5.41) is 0. The lowest BCUT2D eigenvalue weighted by atomic mass is 9.95. The number of nitrogen functional groups attached to an aromatic ring is 1. The predicted octanol–water partition coefficient (Wildman–Crippen LogP) is 1.55. The molecule has 4 heterocycles. The summed E-state index contributed by atoms with van der Waals surface area (Å²) in [6.07, 6.45) is 5.46. The molecule has 1 saturated heterocycles. The minimum absolute atomic E-state index is 0.0574. The average Bonchev–Trinajstić information content (AvgIpc) is 2.89. The van der Waals surface area contributed by atoms with Crippen molar-refractivity contribution < 1.29 is 4.79 Å². The number of fused-ring (bicyclic) bond motifs is 1. The van der Waals surface area contributed by atoms with Gasteiger partial charge in [0, 0.05) is 43.1 Å². The van der Waals surface area contributed by atoms with E-state index < -0.39 is 0 Å². The number of rotatable bonds is 2. The van der Waals surface area contributed by atoms with E-state index in [2.05, 4.69) is 9.97 Å². The second-order valence-corrected chi connectivity index (χ2v) is 5.51. The summed E-state index contributed by atoms with van der Waals surface area (Å²) in [6.45, 7) is 1.34. The van der Waals surface area contributed by atoms with E-state index in [9.17, 15) is 4.79 Å². The molecule has 1 amide bonds.